The van der Waals surface area contributed by atoms with Crippen LogP contribution in [-0.2, 0) is 0 Å². The number of nitrogens with one attached hydrogen (secondary N) is 1. The van der Waals surface area contributed by atoms with Gasteiger partial charge in [0.05, 0.1) is 10.7 Å². The number of amides is 2. The Morgan fingerprint density at radius 2 is 1.85 bits per heavy atom. The molecule has 3 rings (SSSR count). The topological polar surface area (TPSA) is 62.3 Å². The van der Waals surface area contributed by atoms with Gasteiger partial charge in [-0.25, -0.2) is 9.37 Å². The van der Waals surface area contributed by atoms with Gasteiger partial charge in [-0.15, -0.1) is 11.3 Å². The van der Waals surface area contributed by atoms with E-state index in [9.17, 15) is 14.0 Å². The van der Waals surface area contributed by atoms with Gasteiger partial charge in [0.2, 0.25) is 0 Å². The number of rotatable bonds is 4. The zero-order chi connectivity index (χ0) is 19.6. The molecule has 3 aromatic rings. The van der Waals surface area contributed by atoms with Crippen LogP contribution in [0.5, 0.6) is 0 Å². The number of carbonyl (C=O) groups is 2. The number of anilines is 1. The first-order chi connectivity index (χ1) is 12.8. The van der Waals surface area contributed by atoms with Crippen molar-refractivity contribution in [1.29, 1.82) is 0 Å². The lowest BCUT2D eigenvalue weighted by atomic mass is 10.1. The Balaban J connectivity index is 1.81. The van der Waals surface area contributed by atoms with Crippen molar-refractivity contribution in [3.63, 3.8) is 0 Å². The van der Waals surface area contributed by atoms with E-state index in [0.717, 1.165) is 5.56 Å². The Hall–Kier alpha value is -2.77. The number of thiazole rings is 1. The molecular formula is C19H15ClFN3O2S. The van der Waals surface area contributed by atoms with E-state index in [0.29, 0.717) is 21.3 Å². The van der Waals surface area contributed by atoms with E-state index in [2.05, 4.69) is 10.3 Å². The second kappa shape index (κ2) is 7.85. The zero-order valence-electron chi connectivity index (χ0n) is 14.5. The predicted molar refractivity (Wildman–Crippen MR) is 105 cm³/mol. The first-order valence-electron chi connectivity index (χ1n) is 7.89. The van der Waals surface area contributed by atoms with Crippen LogP contribution in [0.4, 0.5) is 10.1 Å². The first-order valence-corrected chi connectivity index (χ1v) is 9.15. The summed E-state index contributed by atoms with van der Waals surface area (Å²) in [4.78, 5) is 30.3. The molecule has 1 N–H and O–H groups in total. The number of benzene rings is 2. The third kappa shape index (κ3) is 4.32. The number of halogens is 2. The molecule has 0 bridgehead atoms. The fourth-order valence-corrected chi connectivity index (χ4v) is 3.27. The summed E-state index contributed by atoms with van der Waals surface area (Å²) in [6.45, 7) is 0. The Labute approximate surface area is 164 Å². The number of carbonyl (C=O) groups excluding carboxylic acids is 2. The highest BCUT2D eigenvalue weighted by Crippen LogP contribution is 2.27. The van der Waals surface area contributed by atoms with Gasteiger partial charge in [0, 0.05) is 30.6 Å². The highest BCUT2D eigenvalue weighted by atomic mass is 35.5. The first kappa shape index (κ1) is 19.0. The minimum atomic E-state index is -0.448. The average molecular weight is 404 g/mol. The van der Waals surface area contributed by atoms with Gasteiger partial charge in [-0.3, -0.25) is 9.59 Å². The van der Waals surface area contributed by atoms with Gasteiger partial charge in [-0.05, 0) is 42.5 Å². The molecule has 0 spiro atoms. The minimum absolute atomic E-state index is 0.200. The molecule has 8 heteroatoms. The van der Waals surface area contributed by atoms with Crippen molar-refractivity contribution in [1.82, 2.24) is 9.88 Å². The standard InChI is InChI=1S/C19H15ClFN3O2S/c1-24(2)19(26)12-5-8-14(20)15(9-12)22-17(25)16-10-27-18(23-16)11-3-6-13(21)7-4-11/h3-10H,1-2H3,(H,22,25). The lowest BCUT2D eigenvalue weighted by molar-refractivity contribution is 0.0827. The van der Waals surface area contributed by atoms with Crippen LogP contribution in [0.1, 0.15) is 20.8 Å². The van der Waals surface area contributed by atoms with E-state index in [-0.39, 0.29) is 17.4 Å². The summed E-state index contributed by atoms with van der Waals surface area (Å²) in [7, 11) is 3.28. The quantitative estimate of drug-likeness (QED) is 0.694. The Morgan fingerprint density at radius 1 is 1.15 bits per heavy atom. The van der Waals surface area contributed by atoms with Gasteiger partial charge >= 0.3 is 0 Å². The molecule has 1 aromatic heterocycles. The minimum Gasteiger partial charge on any atom is -0.345 e. The highest BCUT2D eigenvalue weighted by molar-refractivity contribution is 7.13. The highest BCUT2D eigenvalue weighted by Gasteiger charge is 2.16. The van der Waals surface area contributed by atoms with Gasteiger partial charge in [0.1, 0.15) is 16.5 Å². The summed E-state index contributed by atoms with van der Waals surface area (Å²) < 4.78 is 13.0. The molecule has 2 amide bonds. The van der Waals surface area contributed by atoms with Crippen molar-refractivity contribution in [2.45, 2.75) is 0 Å². The van der Waals surface area contributed by atoms with Crippen LogP contribution in [-0.4, -0.2) is 35.8 Å². The Kier molecular flexibility index (Phi) is 5.53. The van der Waals surface area contributed by atoms with E-state index in [4.69, 9.17) is 11.6 Å². The molecule has 2 aromatic carbocycles. The maximum absolute atomic E-state index is 13.0. The Morgan fingerprint density at radius 3 is 2.52 bits per heavy atom. The normalized spacial score (nSPS) is 10.5. The number of aromatic nitrogens is 1. The summed E-state index contributed by atoms with van der Waals surface area (Å²) >= 11 is 7.41. The van der Waals surface area contributed by atoms with Crippen LogP contribution in [0.2, 0.25) is 5.02 Å². The molecule has 0 atom stereocenters. The van der Waals surface area contributed by atoms with Gasteiger partial charge in [0.25, 0.3) is 11.8 Å². The van der Waals surface area contributed by atoms with Crippen LogP contribution in [0.15, 0.2) is 47.8 Å². The van der Waals surface area contributed by atoms with Crippen LogP contribution in [0, 0.1) is 5.82 Å². The summed E-state index contributed by atoms with van der Waals surface area (Å²) in [5.41, 5.74) is 1.66. The molecule has 0 fully saturated rings. The van der Waals surface area contributed by atoms with E-state index in [1.165, 1.54) is 34.4 Å². The third-order valence-corrected chi connectivity index (χ3v) is 4.92. The summed E-state index contributed by atoms with van der Waals surface area (Å²) in [5.74, 6) is -0.986. The van der Waals surface area contributed by atoms with Gasteiger partial charge < -0.3 is 10.2 Å². The van der Waals surface area contributed by atoms with Gasteiger partial charge in [0.15, 0.2) is 0 Å². The van der Waals surface area contributed by atoms with Gasteiger partial charge in [-0.2, -0.15) is 0 Å². The maximum atomic E-state index is 13.0. The average Bonchev–Trinajstić information content (AvgIpc) is 3.13. The van der Waals surface area contributed by atoms with Crippen LogP contribution in [0.25, 0.3) is 10.6 Å². The van der Waals surface area contributed by atoms with Crippen molar-refractivity contribution in [3.05, 3.63) is 69.9 Å². The van der Waals surface area contributed by atoms with Crippen LogP contribution < -0.4 is 5.32 Å². The molecule has 27 heavy (non-hydrogen) atoms. The Bertz CT molecular complexity index is 1000. The van der Waals surface area contributed by atoms with E-state index < -0.39 is 5.91 Å². The molecule has 0 aliphatic carbocycles. The SMILES string of the molecule is CN(C)C(=O)c1ccc(Cl)c(NC(=O)c2csc(-c3ccc(F)cc3)n2)c1. The molecular weight excluding hydrogens is 389 g/mol. The van der Waals surface area contributed by atoms with Crippen molar-refractivity contribution >= 4 is 40.4 Å². The molecule has 5 nitrogen and oxygen atoms in total. The molecule has 1 heterocycles. The van der Waals surface area contributed by atoms with Crippen LogP contribution in [0.3, 0.4) is 0 Å². The van der Waals surface area contributed by atoms with Crippen LogP contribution >= 0.6 is 22.9 Å². The smallest absolute Gasteiger partial charge is 0.275 e. The number of hydrogen-bond acceptors (Lipinski definition) is 4. The summed E-state index contributed by atoms with van der Waals surface area (Å²) in [6.07, 6.45) is 0. The van der Waals surface area contributed by atoms with E-state index >= 15 is 0 Å². The molecule has 0 saturated heterocycles. The van der Waals surface area contributed by atoms with Crippen molar-refractivity contribution in [3.8, 4) is 10.6 Å². The lowest BCUT2D eigenvalue weighted by Gasteiger charge is -2.12. The second-order valence-corrected chi connectivity index (χ2v) is 7.16. The second-order valence-electron chi connectivity index (χ2n) is 5.89. The van der Waals surface area contributed by atoms with Crippen molar-refractivity contribution < 1.29 is 14.0 Å². The maximum Gasteiger partial charge on any atom is 0.275 e. The monoisotopic (exact) mass is 403 g/mol. The van der Waals surface area contributed by atoms with E-state index in [1.807, 2.05) is 0 Å². The van der Waals surface area contributed by atoms with Crippen molar-refractivity contribution in [2.24, 2.45) is 0 Å². The number of nitrogens with zero attached hydrogens (tertiary/aromatic N) is 2. The molecule has 0 aliphatic heterocycles. The fourth-order valence-electron chi connectivity index (χ4n) is 2.30. The zero-order valence-corrected chi connectivity index (χ0v) is 16.1. The number of hydrogen-bond donors (Lipinski definition) is 1. The van der Waals surface area contributed by atoms with Crippen molar-refractivity contribution in [2.75, 3.05) is 19.4 Å². The molecule has 0 saturated carbocycles. The van der Waals surface area contributed by atoms with E-state index in [1.54, 1.807) is 43.7 Å². The lowest BCUT2D eigenvalue weighted by Crippen LogP contribution is -2.22. The summed E-state index contributed by atoms with van der Waals surface area (Å²) in [5, 5.41) is 5.20. The summed E-state index contributed by atoms with van der Waals surface area (Å²) in [6, 6.07) is 10.5. The molecule has 138 valence electrons. The molecule has 0 unspecified atom stereocenters. The van der Waals surface area contributed by atoms with Gasteiger partial charge in [-0.1, -0.05) is 11.6 Å². The molecule has 0 aliphatic rings. The fraction of sp³-hybridized carbons (Fsp3) is 0.105. The third-order valence-electron chi connectivity index (χ3n) is 3.70. The largest absolute Gasteiger partial charge is 0.345 e. The molecule has 0 radical (unpaired) electrons. The predicted octanol–water partition coefficient (Wildman–Crippen LogP) is 4.56.